The van der Waals surface area contributed by atoms with Crippen LogP contribution in [0.3, 0.4) is 0 Å². The number of aromatic hydroxyl groups is 2. The Hall–Kier alpha value is -2.57. The van der Waals surface area contributed by atoms with Crippen LogP contribution < -0.4 is 5.43 Å². The maximum atomic E-state index is 12.3. The number of rotatable bonds is 7. The Labute approximate surface area is 181 Å². The molecule has 1 aliphatic rings. The molecule has 3 atom stereocenters. The zero-order valence-corrected chi connectivity index (χ0v) is 17.9. The molecule has 1 heterocycles. The van der Waals surface area contributed by atoms with Crippen molar-refractivity contribution in [2.45, 2.75) is 37.1 Å². The Morgan fingerprint density at radius 2 is 2.00 bits per heavy atom. The normalized spacial score (nSPS) is 19.4. The van der Waals surface area contributed by atoms with Crippen molar-refractivity contribution in [3.05, 3.63) is 21.7 Å². The van der Waals surface area contributed by atoms with E-state index < -0.39 is 67.4 Å². The molecule has 0 aliphatic carbocycles. The third-order valence-electron chi connectivity index (χ3n) is 4.58. The van der Waals surface area contributed by atoms with E-state index in [1.54, 1.807) is 6.92 Å². The van der Waals surface area contributed by atoms with Crippen LogP contribution >= 0.6 is 23.2 Å². The topological polar surface area (TPSA) is 174 Å². The van der Waals surface area contributed by atoms with Crippen molar-refractivity contribution in [1.29, 1.82) is 0 Å². The van der Waals surface area contributed by atoms with Crippen LogP contribution in [-0.2, 0) is 20.3 Å². The van der Waals surface area contributed by atoms with Gasteiger partial charge in [-0.15, -0.1) is 0 Å². The second-order valence-electron chi connectivity index (χ2n) is 6.69. The first-order valence-electron chi connectivity index (χ1n) is 8.25. The molecular formula is C16H17Cl2N3O8S. The lowest BCUT2D eigenvalue weighted by atomic mass is 9.92. The van der Waals surface area contributed by atoms with Gasteiger partial charge in [0.1, 0.15) is 9.77 Å². The Bertz CT molecular complexity index is 1020. The predicted molar refractivity (Wildman–Crippen MR) is 107 cm³/mol. The third-order valence-corrected chi connectivity index (χ3v) is 6.40. The van der Waals surface area contributed by atoms with Crippen molar-refractivity contribution in [2.24, 2.45) is 5.10 Å². The third kappa shape index (κ3) is 4.16. The molecule has 2 rings (SSSR count). The second-order valence-corrected chi connectivity index (χ2v) is 8.96. The monoisotopic (exact) mass is 481 g/mol. The van der Waals surface area contributed by atoms with Gasteiger partial charge in [0.2, 0.25) is 5.91 Å². The van der Waals surface area contributed by atoms with Gasteiger partial charge in [-0.3, -0.25) is 9.59 Å². The van der Waals surface area contributed by atoms with Crippen LogP contribution in [0.4, 0.5) is 0 Å². The molecule has 1 fully saturated rings. The fraction of sp³-hybridized carbons (Fsp3) is 0.375. The molecule has 0 aromatic heterocycles. The summed E-state index contributed by atoms with van der Waals surface area (Å²) >= 11 is 11.6. The number of phenolic OH excluding ortho intramolecular Hbond substituents is 2. The molecular weight excluding hydrogens is 465 g/mol. The average Bonchev–Trinajstić information content (AvgIpc) is 2.63. The summed E-state index contributed by atoms with van der Waals surface area (Å²) in [4.78, 5) is 36.8. The quantitative estimate of drug-likeness (QED) is 0.123. The molecule has 1 aromatic rings. The number of nitrogens with one attached hydrogen (secondary N) is 1. The first-order valence-corrected chi connectivity index (χ1v) is 10.2. The standard InChI is InChI=1S/C16H17Cl2N3O8S/c1-6-3-9(23)21(6)13(15(26)27)16(2,30(28)29)5-19-20-14(25)10-7(17)4-8(22)12(24)11(10)18/h4-6,13,22,24,30H,3H2,1-2H3,(H,20,25)(H,26,27)/b19-5+/t6-,13+,16+/m1/s1. The lowest BCUT2D eigenvalue weighted by Crippen LogP contribution is -2.66. The van der Waals surface area contributed by atoms with Gasteiger partial charge in [0.25, 0.3) is 5.91 Å². The minimum atomic E-state index is -3.47. The number of hydrazone groups is 1. The summed E-state index contributed by atoms with van der Waals surface area (Å²) in [6.07, 6.45) is 0.751. The number of carbonyl (C=O) groups excluding carboxylic acids is 2. The Morgan fingerprint density at radius 1 is 1.40 bits per heavy atom. The SMILES string of the molecule is C[C@@H]1CC(=O)N1[C@@H](C(=O)O)[C@](C)(/C=N/NC(=O)c1c(Cl)cc(O)c(O)c1Cl)[SH](=O)=O. The highest BCUT2D eigenvalue weighted by molar-refractivity contribution is 7.75. The highest BCUT2D eigenvalue weighted by Crippen LogP contribution is 2.40. The maximum absolute atomic E-state index is 12.3. The van der Waals surface area contributed by atoms with E-state index >= 15 is 0 Å². The number of benzene rings is 1. The Kier molecular flexibility index (Phi) is 6.84. The number of likely N-dealkylation sites (tertiary alicyclic amines) is 1. The lowest BCUT2D eigenvalue weighted by molar-refractivity contribution is -0.161. The number of carboxylic acid groups (broad SMARTS) is 1. The Balaban J connectivity index is 2.35. The van der Waals surface area contributed by atoms with Crippen LogP contribution in [0, 0.1) is 0 Å². The Morgan fingerprint density at radius 3 is 2.47 bits per heavy atom. The molecule has 0 saturated carbocycles. The van der Waals surface area contributed by atoms with Gasteiger partial charge < -0.3 is 20.2 Å². The molecule has 0 bridgehead atoms. The average molecular weight is 482 g/mol. The van der Waals surface area contributed by atoms with Crippen molar-refractivity contribution in [3.8, 4) is 11.5 Å². The van der Waals surface area contributed by atoms with Crippen molar-refractivity contribution in [3.63, 3.8) is 0 Å². The molecule has 0 spiro atoms. The van der Waals surface area contributed by atoms with Gasteiger partial charge in [0.05, 0.1) is 10.6 Å². The predicted octanol–water partition coefficient (Wildman–Crippen LogP) is 0.564. The number of phenols is 2. The van der Waals surface area contributed by atoms with Gasteiger partial charge in [-0.25, -0.2) is 18.6 Å². The van der Waals surface area contributed by atoms with E-state index in [-0.39, 0.29) is 11.4 Å². The number of thiol groups is 1. The van der Waals surface area contributed by atoms with E-state index in [4.69, 9.17) is 23.2 Å². The number of carboxylic acids is 1. The highest BCUT2D eigenvalue weighted by atomic mass is 35.5. The first-order chi connectivity index (χ1) is 13.8. The molecule has 0 radical (unpaired) electrons. The van der Waals surface area contributed by atoms with Crippen molar-refractivity contribution in [2.75, 3.05) is 0 Å². The van der Waals surface area contributed by atoms with E-state index in [0.29, 0.717) is 6.21 Å². The van der Waals surface area contributed by atoms with Crippen molar-refractivity contribution >= 4 is 57.9 Å². The highest BCUT2D eigenvalue weighted by Gasteiger charge is 2.52. The zero-order chi connectivity index (χ0) is 23.0. The molecule has 11 nitrogen and oxygen atoms in total. The van der Waals surface area contributed by atoms with Crippen LogP contribution in [0.15, 0.2) is 11.2 Å². The van der Waals surface area contributed by atoms with Crippen molar-refractivity contribution in [1.82, 2.24) is 10.3 Å². The van der Waals surface area contributed by atoms with Crippen LogP contribution in [0.1, 0.15) is 30.6 Å². The molecule has 14 heteroatoms. The minimum Gasteiger partial charge on any atom is -0.504 e. The zero-order valence-electron chi connectivity index (χ0n) is 15.5. The van der Waals surface area contributed by atoms with E-state index in [9.17, 15) is 38.1 Å². The van der Waals surface area contributed by atoms with E-state index in [2.05, 4.69) is 5.10 Å². The number of halogens is 2. The largest absolute Gasteiger partial charge is 0.504 e. The summed E-state index contributed by atoms with van der Waals surface area (Å²) in [5, 5.41) is 31.2. The summed E-state index contributed by atoms with van der Waals surface area (Å²) in [6, 6.07) is -1.41. The van der Waals surface area contributed by atoms with Crippen LogP contribution in [-0.4, -0.2) is 69.5 Å². The van der Waals surface area contributed by atoms with Crippen molar-refractivity contribution < 1.29 is 38.1 Å². The number of carbonyl (C=O) groups is 3. The fourth-order valence-electron chi connectivity index (χ4n) is 2.94. The summed E-state index contributed by atoms with van der Waals surface area (Å²) in [5.74, 6) is -4.64. The number of amides is 2. The number of aliphatic carboxylic acids is 1. The second kappa shape index (κ2) is 8.66. The van der Waals surface area contributed by atoms with Crippen LogP contribution in [0.2, 0.25) is 10.0 Å². The summed E-state index contributed by atoms with van der Waals surface area (Å²) in [5.41, 5.74) is 1.48. The van der Waals surface area contributed by atoms with E-state index in [0.717, 1.165) is 17.9 Å². The molecule has 2 amide bonds. The fourth-order valence-corrected chi connectivity index (χ4v) is 4.14. The molecule has 1 aliphatic heterocycles. The van der Waals surface area contributed by atoms with Gasteiger partial charge in [-0.05, 0) is 13.8 Å². The number of nitrogens with zero attached hydrogens (tertiary/aromatic N) is 2. The maximum Gasteiger partial charge on any atom is 0.328 e. The van der Waals surface area contributed by atoms with E-state index in [1.807, 2.05) is 5.43 Å². The van der Waals surface area contributed by atoms with E-state index in [1.165, 1.54) is 0 Å². The van der Waals surface area contributed by atoms with Crippen LogP contribution in [0.5, 0.6) is 11.5 Å². The lowest BCUT2D eigenvalue weighted by Gasteiger charge is -2.45. The summed E-state index contributed by atoms with van der Waals surface area (Å²) < 4.78 is 21.6. The van der Waals surface area contributed by atoms with Gasteiger partial charge in [-0.1, -0.05) is 23.2 Å². The first kappa shape index (κ1) is 23.7. The number of β-lactam (4-membered cyclic amide) rings is 1. The summed E-state index contributed by atoms with van der Waals surface area (Å²) in [6.45, 7) is 2.60. The number of hydrogen-bond donors (Lipinski definition) is 5. The van der Waals surface area contributed by atoms with Gasteiger partial charge in [0, 0.05) is 24.7 Å². The van der Waals surface area contributed by atoms with Crippen LogP contribution in [0.25, 0.3) is 0 Å². The molecule has 4 N–H and O–H groups in total. The molecule has 1 saturated heterocycles. The number of hydrogen-bond acceptors (Lipinski definition) is 8. The van der Waals surface area contributed by atoms with Gasteiger partial charge in [0.15, 0.2) is 28.2 Å². The summed E-state index contributed by atoms with van der Waals surface area (Å²) in [7, 11) is -3.47. The molecule has 164 valence electrons. The molecule has 30 heavy (non-hydrogen) atoms. The molecule has 1 aromatic carbocycles. The minimum absolute atomic E-state index is 0.0741. The molecule has 0 unspecified atom stereocenters. The van der Waals surface area contributed by atoms with Gasteiger partial charge >= 0.3 is 5.97 Å². The smallest absolute Gasteiger partial charge is 0.328 e. The van der Waals surface area contributed by atoms with Gasteiger partial charge in [-0.2, -0.15) is 5.10 Å².